The van der Waals surface area contributed by atoms with Crippen LogP contribution in [0.1, 0.15) is 18.9 Å². The SMILES string of the molecule is CCN(CCCO)c1ncc(CO)cn1. The number of hydrogen-bond donors (Lipinski definition) is 2. The number of aliphatic hydroxyl groups is 2. The van der Waals surface area contributed by atoms with Crippen molar-refractivity contribution >= 4 is 5.95 Å². The van der Waals surface area contributed by atoms with Crippen LogP contribution in [0.15, 0.2) is 12.4 Å². The van der Waals surface area contributed by atoms with Crippen molar-refractivity contribution < 1.29 is 10.2 Å². The van der Waals surface area contributed by atoms with Crippen molar-refractivity contribution in [3.63, 3.8) is 0 Å². The van der Waals surface area contributed by atoms with Crippen LogP contribution < -0.4 is 4.90 Å². The van der Waals surface area contributed by atoms with Gasteiger partial charge in [-0.3, -0.25) is 0 Å². The molecule has 0 spiro atoms. The Bertz CT molecular complexity index is 277. The zero-order valence-electron chi connectivity index (χ0n) is 8.93. The van der Waals surface area contributed by atoms with Crippen LogP contribution in [0.25, 0.3) is 0 Å². The van der Waals surface area contributed by atoms with E-state index in [1.807, 2.05) is 11.8 Å². The first-order valence-corrected chi connectivity index (χ1v) is 5.09. The second kappa shape index (κ2) is 6.31. The highest BCUT2D eigenvalue weighted by atomic mass is 16.3. The summed E-state index contributed by atoms with van der Waals surface area (Å²) >= 11 is 0. The normalized spacial score (nSPS) is 10.3. The second-order valence-corrected chi connectivity index (χ2v) is 3.21. The molecular weight excluding hydrogens is 194 g/mol. The maximum absolute atomic E-state index is 8.84. The quantitative estimate of drug-likeness (QED) is 0.702. The predicted molar refractivity (Wildman–Crippen MR) is 57.5 cm³/mol. The van der Waals surface area contributed by atoms with Crippen molar-refractivity contribution in [2.75, 3.05) is 24.6 Å². The molecule has 0 radical (unpaired) electrons. The van der Waals surface area contributed by atoms with E-state index in [1.165, 1.54) is 0 Å². The zero-order valence-corrected chi connectivity index (χ0v) is 8.93. The van der Waals surface area contributed by atoms with E-state index in [0.717, 1.165) is 13.1 Å². The van der Waals surface area contributed by atoms with Crippen molar-refractivity contribution in [2.45, 2.75) is 20.0 Å². The van der Waals surface area contributed by atoms with Crippen molar-refractivity contribution in [3.05, 3.63) is 18.0 Å². The molecule has 0 amide bonds. The topological polar surface area (TPSA) is 69.5 Å². The van der Waals surface area contributed by atoms with E-state index < -0.39 is 0 Å². The second-order valence-electron chi connectivity index (χ2n) is 3.21. The third kappa shape index (κ3) is 3.45. The molecule has 0 bridgehead atoms. The molecule has 0 saturated carbocycles. The van der Waals surface area contributed by atoms with E-state index in [-0.39, 0.29) is 13.2 Å². The van der Waals surface area contributed by atoms with Gasteiger partial charge in [-0.2, -0.15) is 0 Å². The lowest BCUT2D eigenvalue weighted by Crippen LogP contribution is -2.26. The average molecular weight is 211 g/mol. The highest BCUT2D eigenvalue weighted by molar-refractivity contribution is 5.29. The highest BCUT2D eigenvalue weighted by Crippen LogP contribution is 2.07. The fourth-order valence-electron chi connectivity index (χ4n) is 1.25. The number of nitrogens with zero attached hydrogens (tertiary/aromatic N) is 3. The molecule has 5 nitrogen and oxygen atoms in total. The molecule has 0 aliphatic rings. The van der Waals surface area contributed by atoms with E-state index >= 15 is 0 Å². The molecule has 0 atom stereocenters. The molecule has 0 saturated heterocycles. The van der Waals surface area contributed by atoms with Crippen LogP contribution in [0.4, 0.5) is 5.95 Å². The minimum atomic E-state index is -0.0386. The standard InChI is InChI=1S/C10H17N3O2/c1-2-13(4-3-5-14)10-11-6-9(8-15)7-12-10/h6-7,14-15H,2-5,8H2,1H3. The lowest BCUT2D eigenvalue weighted by Gasteiger charge is -2.19. The third-order valence-electron chi connectivity index (χ3n) is 2.12. The average Bonchev–Trinajstić information content (AvgIpc) is 2.31. The minimum absolute atomic E-state index is 0.0386. The first-order valence-electron chi connectivity index (χ1n) is 5.09. The fraction of sp³-hybridized carbons (Fsp3) is 0.600. The Kier molecular flexibility index (Phi) is 5.00. The van der Waals surface area contributed by atoms with Crippen molar-refractivity contribution in [1.82, 2.24) is 9.97 Å². The van der Waals surface area contributed by atoms with Crippen molar-refractivity contribution in [3.8, 4) is 0 Å². The van der Waals surface area contributed by atoms with Gasteiger partial charge in [0, 0.05) is 37.7 Å². The largest absolute Gasteiger partial charge is 0.396 e. The Morgan fingerprint density at radius 3 is 2.40 bits per heavy atom. The minimum Gasteiger partial charge on any atom is -0.396 e. The molecule has 1 rings (SSSR count). The van der Waals surface area contributed by atoms with Gasteiger partial charge in [-0.05, 0) is 13.3 Å². The molecule has 5 heteroatoms. The van der Waals surface area contributed by atoms with E-state index in [4.69, 9.17) is 10.2 Å². The third-order valence-corrected chi connectivity index (χ3v) is 2.12. The first-order chi connectivity index (χ1) is 7.31. The van der Waals surface area contributed by atoms with Crippen LogP contribution >= 0.6 is 0 Å². The van der Waals surface area contributed by atoms with Crippen LogP contribution in [-0.2, 0) is 6.61 Å². The highest BCUT2D eigenvalue weighted by Gasteiger charge is 2.06. The Labute approximate surface area is 89.4 Å². The summed E-state index contributed by atoms with van der Waals surface area (Å²) in [6.07, 6.45) is 3.94. The van der Waals surface area contributed by atoms with Gasteiger partial charge in [0.2, 0.25) is 5.95 Å². The van der Waals surface area contributed by atoms with E-state index in [9.17, 15) is 0 Å². The first kappa shape index (κ1) is 11.9. The molecule has 0 fully saturated rings. The molecular formula is C10H17N3O2. The summed E-state index contributed by atoms with van der Waals surface area (Å²) < 4.78 is 0. The van der Waals surface area contributed by atoms with Gasteiger partial charge in [-0.1, -0.05) is 0 Å². The number of aliphatic hydroxyl groups excluding tert-OH is 2. The Hall–Kier alpha value is -1.20. The predicted octanol–water partition coefficient (Wildman–Crippen LogP) is 0.178. The fourth-order valence-corrected chi connectivity index (χ4v) is 1.25. The Morgan fingerprint density at radius 2 is 1.93 bits per heavy atom. The molecule has 1 aromatic rings. The Balaban J connectivity index is 2.65. The van der Waals surface area contributed by atoms with Gasteiger partial charge in [0.15, 0.2) is 0 Å². The summed E-state index contributed by atoms with van der Waals surface area (Å²) in [6, 6.07) is 0. The van der Waals surface area contributed by atoms with Gasteiger partial charge >= 0.3 is 0 Å². The molecule has 0 unspecified atom stereocenters. The molecule has 2 N–H and O–H groups in total. The van der Waals surface area contributed by atoms with Crippen LogP contribution in [0.2, 0.25) is 0 Å². The smallest absolute Gasteiger partial charge is 0.225 e. The van der Waals surface area contributed by atoms with Crippen LogP contribution in [0, 0.1) is 0 Å². The summed E-state index contributed by atoms with van der Waals surface area (Å²) in [5, 5.41) is 17.6. The van der Waals surface area contributed by atoms with Crippen molar-refractivity contribution in [2.24, 2.45) is 0 Å². The summed E-state index contributed by atoms with van der Waals surface area (Å²) in [5.74, 6) is 0.642. The van der Waals surface area contributed by atoms with Gasteiger partial charge in [0.25, 0.3) is 0 Å². The van der Waals surface area contributed by atoms with E-state index in [0.29, 0.717) is 17.9 Å². The lowest BCUT2D eigenvalue weighted by atomic mass is 10.3. The van der Waals surface area contributed by atoms with Crippen LogP contribution in [0.3, 0.4) is 0 Å². The maximum Gasteiger partial charge on any atom is 0.225 e. The van der Waals surface area contributed by atoms with Gasteiger partial charge in [-0.25, -0.2) is 9.97 Å². The number of anilines is 1. The molecule has 1 heterocycles. The van der Waals surface area contributed by atoms with Gasteiger partial charge < -0.3 is 15.1 Å². The summed E-state index contributed by atoms with van der Waals surface area (Å²) in [4.78, 5) is 10.3. The molecule has 1 aromatic heterocycles. The molecule has 84 valence electrons. The number of aromatic nitrogens is 2. The summed E-state index contributed by atoms with van der Waals surface area (Å²) in [6.45, 7) is 3.69. The number of rotatable bonds is 6. The number of hydrogen-bond acceptors (Lipinski definition) is 5. The molecule has 0 aliphatic heterocycles. The zero-order chi connectivity index (χ0) is 11.1. The van der Waals surface area contributed by atoms with Gasteiger partial charge in [-0.15, -0.1) is 0 Å². The van der Waals surface area contributed by atoms with Crippen LogP contribution in [-0.4, -0.2) is 39.9 Å². The molecule has 0 aliphatic carbocycles. The van der Waals surface area contributed by atoms with Crippen LogP contribution in [0.5, 0.6) is 0 Å². The van der Waals surface area contributed by atoms with Gasteiger partial charge in [0.05, 0.1) is 6.61 Å². The van der Waals surface area contributed by atoms with Crippen molar-refractivity contribution in [1.29, 1.82) is 0 Å². The summed E-state index contributed by atoms with van der Waals surface area (Å²) in [7, 11) is 0. The molecule has 15 heavy (non-hydrogen) atoms. The summed E-state index contributed by atoms with van der Waals surface area (Å²) in [5.41, 5.74) is 0.706. The van der Waals surface area contributed by atoms with Gasteiger partial charge in [0.1, 0.15) is 0 Å². The molecule has 0 aromatic carbocycles. The monoisotopic (exact) mass is 211 g/mol. The Morgan fingerprint density at radius 1 is 1.27 bits per heavy atom. The maximum atomic E-state index is 8.84. The van der Waals surface area contributed by atoms with E-state index in [2.05, 4.69) is 9.97 Å². The lowest BCUT2D eigenvalue weighted by molar-refractivity contribution is 0.281. The van der Waals surface area contributed by atoms with E-state index in [1.54, 1.807) is 12.4 Å².